The van der Waals surface area contributed by atoms with Gasteiger partial charge >= 0.3 is 0 Å². The monoisotopic (exact) mass is 414 g/mol. The summed E-state index contributed by atoms with van der Waals surface area (Å²) in [6.07, 6.45) is 3.05. The van der Waals surface area contributed by atoms with E-state index in [1.807, 2.05) is 0 Å². The molecule has 4 N–H and O–H groups in total. The van der Waals surface area contributed by atoms with E-state index in [9.17, 15) is 23.6 Å². The maximum atomic E-state index is 13.9. The van der Waals surface area contributed by atoms with Crippen LogP contribution in [0.4, 0.5) is 4.39 Å². The lowest BCUT2D eigenvalue weighted by Gasteiger charge is -2.21. The Morgan fingerprint density at radius 3 is 2.67 bits per heavy atom. The van der Waals surface area contributed by atoms with E-state index in [1.165, 1.54) is 12.1 Å². The van der Waals surface area contributed by atoms with Crippen LogP contribution < -0.4 is 16.0 Å². The highest BCUT2D eigenvalue weighted by Gasteiger charge is 2.39. The topological polar surface area (TPSA) is 120 Å². The molecule has 1 saturated carbocycles. The normalized spacial score (nSPS) is 20.4. The second-order valence-electron chi connectivity index (χ2n) is 7.94. The van der Waals surface area contributed by atoms with Crippen LogP contribution >= 0.6 is 0 Å². The minimum absolute atomic E-state index is 0.0165. The van der Waals surface area contributed by atoms with Crippen LogP contribution in [-0.2, 0) is 14.4 Å². The number of carbonyl (C=O) groups is 4. The lowest BCUT2D eigenvalue weighted by molar-refractivity contribution is -0.127. The van der Waals surface area contributed by atoms with Crippen molar-refractivity contribution in [3.8, 4) is 0 Å². The molecule has 2 aromatic rings. The van der Waals surface area contributed by atoms with Crippen molar-refractivity contribution < 1.29 is 23.6 Å². The molecule has 1 aliphatic carbocycles. The SMILES string of the molecule is O=C[C@H](C[C@@H]1CCNC1=O)NC(=O)[C@@H](NC(=O)c1cc2c(F)cccc2[nH]1)C1CC1. The molecule has 0 bridgehead atoms. The summed E-state index contributed by atoms with van der Waals surface area (Å²) in [5, 5.41) is 8.37. The van der Waals surface area contributed by atoms with Crippen LogP contribution in [-0.4, -0.2) is 47.6 Å². The number of amides is 3. The first kappa shape index (κ1) is 20.1. The van der Waals surface area contributed by atoms with E-state index < -0.39 is 29.7 Å². The molecular weight excluding hydrogens is 391 g/mol. The number of aromatic amines is 1. The van der Waals surface area contributed by atoms with Crippen molar-refractivity contribution in [3.05, 3.63) is 35.8 Å². The van der Waals surface area contributed by atoms with Gasteiger partial charge in [0, 0.05) is 23.4 Å². The molecule has 4 rings (SSSR count). The Morgan fingerprint density at radius 2 is 2.03 bits per heavy atom. The van der Waals surface area contributed by atoms with Gasteiger partial charge in [0.2, 0.25) is 11.8 Å². The molecule has 30 heavy (non-hydrogen) atoms. The fourth-order valence-electron chi connectivity index (χ4n) is 3.88. The quantitative estimate of drug-likeness (QED) is 0.482. The van der Waals surface area contributed by atoms with Crippen molar-refractivity contribution >= 4 is 34.9 Å². The van der Waals surface area contributed by atoms with Crippen LogP contribution in [0.2, 0.25) is 0 Å². The number of hydrogen-bond acceptors (Lipinski definition) is 4. The van der Waals surface area contributed by atoms with Gasteiger partial charge in [-0.25, -0.2) is 4.39 Å². The number of H-pyrrole nitrogens is 1. The van der Waals surface area contributed by atoms with E-state index in [-0.39, 0.29) is 29.9 Å². The second kappa shape index (κ2) is 8.25. The number of benzene rings is 1. The van der Waals surface area contributed by atoms with Crippen LogP contribution in [0.15, 0.2) is 24.3 Å². The van der Waals surface area contributed by atoms with Crippen LogP contribution in [0.25, 0.3) is 10.9 Å². The highest BCUT2D eigenvalue weighted by Crippen LogP contribution is 2.33. The first-order chi connectivity index (χ1) is 14.5. The smallest absolute Gasteiger partial charge is 0.268 e. The number of rotatable bonds is 8. The number of halogens is 1. The maximum absolute atomic E-state index is 13.9. The Kier molecular flexibility index (Phi) is 5.52. The summed E-state index contributed by atoms with van der Waals surface area (Å²) in [5.41, 5.74) is 0.645. The summed E-state index contributed by atoms with van der Waals surface area (Å²) in [4.78, 5) is 51.5. The minimum atomic E-state index is -0.799. The summed E-state index contributed by atoms with van der Waals surface area (Å²) >= 11 is 0. The van der Waals surface area contributed by atoms with Crippen LogP contribution in [0.5, 0.6) is 0 Å². The molecule has 8 nitrogen and oxygen atoms in total. The Labute approximate surface area is 172 Å². The average molecular weight is 414 g/mol. The van der Waals surface area contributed by atoms with Crippen LogP contribution in [0, 0.1) is 17.7 Å². The lowest BCUT2D eigenvalue weighted by Crippen LogP contribution is -2.51. The molecule has 3 amide bonds. The molecule has 3 atom stereocenters. The first-order valence-electron chi connectivity index (χ1n) is 10.1. The van der Waals surface area contributed by atoms with E-state index in [0.29, 0.717) is 30.2 Å². The van der Waals surface area contributed by atoms with Gasteiger partial charge in [0.25, 0.3) is 5.91 Å². The van der Waals surface area contributed by atoms with E-state index >= 15 is 0 Å². The summed E-state index contributed by atoms with van der Waals surface area (Å²) in [5.74, 6) is -1.86. The number of fused-ring (bicyclic) bond motifs is 1. The molecule has 158 valence electrons. The molecule has 2 heterocycles. The van der Waals surface area contributed by atoms with Gasteiger partial charge in [-0.1, -0.05) is 6.07 Å². The summed E-state index contributed by atoms with van der Waals surface area (Å²) < 4.78 is 13.9. The molecule has 2 aliphatic rings. The van der Waals surface area contributed by atoms with Gasteiger partial charge in [-0.05, 0) is 49.8 Å². The molecule has 0 spiro atoms. The molecule has 0 unspecified atom stereocenters. The van der Waals surface area contributed by atoms with Gasteiger partial charge in [-0.15, -0.1) is 0 Å². The fraction of sp³-hybridized carbons (Fsp3) is 0.429. The van der Waals surface area contributed by atoms with Gasteiger partial charge in [0.1, 0.15) is 23.8 Å². The van der Waals surface area contributed by atoms with E-state index in [1.54, 1.807) is 12.1 Å². The zero-order valence-electron chi connectivity index (χ0n) is 16.2. The van der Waals surface area contributed by atoms with Gasteiger partial charge in [0.05, 0.1) is 6.04 Å². The Bertz CT molecular complexity index is 1000. The number of aromatic nitrogens is 1. The van der Waals surface area contributed by atoms with Gasteiger partial charge in [-0.2, -0.15) is 0 Å². The predicted molar refractivity (Wildman–Crippen MR) is 106 cm³/mol. The molecule has 0 radical (unpaired) electrons. The zero-order chi connectivity index (χ0) is 21.3. The van der Waals surface area contributed by atoms with Crippen LogP contribution in [0.1, 0.15) is 36.2 Å². The molecule has 1 aliphatic heterocycles. The molecule has 1 aromatic carbocycles. The maximum Gasteiger partial charge on any atom is 0.268 e. The third-order valence-corrected chi connectivity index (χ3v) is 5.71. The molecule has 1 saturated heterocycles. The van der Waals surface area contributed by atoms with Gasteiger partial charge < -0.3 is 25.7 Å². The Hall–Kier alpha value is -3.23. The second-order valence-corrected chi connectivity index (χ2v) is 7.94. The average Bonchev–Trinajstić information content (AvgIpc) is 3.34. The standard InChI is InChI=1S/C21H23FN4O4/c22-15-2-1-3-16-14(15)9-17(25-16)20(29)26-18(11-4-5-11)21(30)24-13(10-27)8-12-6-7-23-19(12)28/h1-3,9-13,18,25H,4-8H2,(H,23,28)(H,24,30)(H,26,29)/t12-,13-,18-/m0/s1. The number of nitrogens with one attached hydrogen (secondary N) is 4. The van der Waals surface area contributed by atoms with Crippen molar-refractivity contribution in [1.29, 1.82) is 0 Å². The Balaban J connectivity index is 1.43. The largest absolute Gasteiger partial charge is 0.356 e. The number of carbonyl (C=O) groups excluding carboxylic acids is 4. The molecule has 1 aromatic heterocycles. The third-order valence-electron chi connectivity index (χ3n) is 5.71. The summed E-state index contributed by atoms with van der Waals surface area (Å²) in [6.45, 7) is 0.564. The molecule has 9 heteroatoms. The Morgan fingerprint density at radius 1 is 1.23 bits per heavy atom. The number of aldehydes is 1. The lowest BCUT2D eigenvalue weighted by atomic mass is 9.98. The summed E-state index contributed by atoms with van der Waals surface area (Å²) in [6, 6.07) is 4.33. The predicted octanol–water partition coefficient (Wildman–Crippen LogP) is 1.03. The van der Waals surface area contributed by atoms with Gasteiger partial charge in [0.15, 0.2) is 0 Å². The molecular formula is C21H23FN4O4. The minimum Gasteiger partial charge on any atom is -0.356 e. The highest BCUT2D eigenvalue weighted by atomic mass is 19.1. The van der Waals surface area contributed by atoms with Crippen molar-refractivity contribution in [3.63, 3.8) is 0 Å². The highest BCUT2D eigenvalue weighted by molar-refractivity contribution is 6.00. The van der Waals surface area contributed by atoms with Crippen LogP contribution in [0.3, 0.4) is 0 Å². The molecule has 2 fully saturated rings. The zero-order valence-corrected chi connectivity index (χ0v) is 16.2. The van der Waals surface area contributed by atoms with Crippen molar-refractivity contribution in [1.82, 2.24) is 20.9 Å². The third kappa shape index (κ3) is 4.19. The first-order valence-corrected chi connectivity index (χ1v) is 10.1. The van der Waals surface area contributed by atoms with E-state index in [4.69, 9.17) is 0 Å². The fourth-order valence-corrected chi connectivity index (χ4v) is 3.88. The van der Waals surface area contributed by atoms with Gasteiger partial charge in [-0.3, -0.25) is 14.4 Å². The number of hydrogen-bond donors (Lipinski definition) is 4. The van der Waals surface area contributed by atoms with E-state index in [2.05, 4.69) is 20.9 Å². The van der Waals surface area contributed by atoms with Crippen molar-refractivity contribution in [2.24, 2.45) is 11.8 Å². The van der Waals surface area contributed by atoms with Crippen molar-refractivity contribution in [2.75, 3.05) is 6.54 Å². The summed E-state index contributed by atoms with van der Waals surface area (Å²) in [7, 11) is 0. The van der Waals surface area contributed by atoms with E-state index in [0.717, 1.165) is 12.8 Å². The van der Waals surface area contributed by atoms with Crippen molar-refractivity contribution in [2.45, 2.75) is 37.8 Å².